The van der Waals surface area contributed by atoms with Gasteiger partial charge in [0.2, 0.25) is 15.8 Å². The number of carbonyl (C=O) groups excluding carboxylic acids is 2. The number of piperidine rings is 2. The molecule has 10 heteroatoms. The zero-order valence-corrected chi connectivity index (χ0v) is 24.5. The van der Waals surface area contributed by atoms with Gasteiger partial charge in [0.1, 0.15) is 0 Å². The average Bonchev–Trinajstić information content (AvgIpc) is 3.60. The molecule has 3 fully saturated rings. The van der Waals surface area contributed by atoms with E-state index in [9.17, 15) is 18.0 Å². The third-order valence-corrected chi connectivity index (χ3v) is 10.4. The normalized spacial score (nSPS) is 20.6. The highest BCUT2D eigenvalue weighted by molar-refractivity contribution is 7.89. The van der Waals surface area contributed by atoms with Gasteiger partial charge in [-0.05, 0) is 83.1 Å². The Labute approximate surface area is 237 Å². The minimum Gasteiger partial charge on any atom is -0.454 e. The zero-order chi connectivity index (χ0) is 28.3. The molecular weight excluding hydrogens is 530 g/mol. The molecule has 0 bridgehead atoms. The first-order valence-electron chi connectivity index (χ1n) is 14.6. The number of Topliss-reactive ketones (excluding diaryl/α,β-unsaturated/α-hetero) is 1. The van der Waals surface area contributed by atoms with Gasteiger partial charge in [0, 0.05) is 56.3 Å². The number of carbonyl (C=O) groups is 2. The van der Waals surface area contributed by atoms with Crippen molar-refractivity contribution in [3.63, 3.8) is 0 Å². The minimum absolute atomic E-state index is 0.0890. The summed E-state index contributed by atoms with van der Waals surface area (Å²) in [5.41, 5.74) is 3.17. The van der Waals surface area contributed by atoms with Gasteiger partial charge in [0.25, 0.3) is 0 Å². The minimum atomic E-state index is -3.73. The van der Waals surface area contributed by atoms with E-state index in [0.717, 1.165) is 82.5 Å². The van der Waals surface area contributed by atoms with Crippen molar-refractivity contribution < 1.29 is 27.5 Å². The SMILES string of the molecule is Cc1cc(C(=O)COC(=O)c2cc(S(=O)(=O)N3CCCCC3)ccc2N2CCCCC2)c(C)n1CC1CCCO1. The predicted octanol–water partition coefficient (Wildman–Crippen LogP) is 4.49. The molecule has 3 aliphatic heterocycles. The van der Waals surface area contributed by atoms with Crippen LogP contribution in [0.1, 0.15) is 83.5 Å². The summed E-state index contributed by atoms with van der Waals surface area (Å²) in [7, 11) is -3.73. The van der Waals surface area contributed by atoms with E-state index in [1.165, 1.54) is 10.4 Å². The molecule has 1 unspecified atom stereocenters. The number of benzene rings is 1. The topological polar surface area (TPSA) is 98.1 Å². The van der Waals surface area contributed by atoms with E-state index in [1.807, 2.05) is 19.9 Å². The van der Waals surface area contributed by atoms with Gasteiger partial charge in [0.05, 0.1) is 22.3 Å². The summed E-state index contributed by atoms with van der Waals surface area (Å²) in [6, 6.07) is 6.59. The number of hydrogen-bond acceptors (Lipinski definition) is 7. The summed E-state index contributed by atoms with van der Waals surface area (Å²) in [6.07, 6.45) is 8.00. The van der Waals surface area contributed by atoms with Gasteiger partial charge in [-0.3, -0.25) is 4.79 Å². The Balaban J connectivity index is 1.35. The number of sulfonamides is 1. The maximum Gasteiger partial charge on any atom is 0.340 e. The van der Waals surface area contributed by atoms with Crippen molar-refractivity contribution in [2.45, 2.75) is 82.8 Å². The van der Waals surface area contributed by atoms with Crippen LogP contribution in [0.15, 0.2) is 29.2 Å². The summed E-state index contributed by atoms with van der Waals surface area (Å²) in [6.45, 7) is 7.46. The Bertz CT molecular complexity index is 1330. The van der Waals surface area contributed by atoms with Gasteiger partial charge in [0.15, 0.2) is 6.61 Å². The highest BCUT2D eigenvalue weighted by atomic mass is 32.2. The summed E-state index contributed by atoms with van der Waals surface area (Å²) >= 11 is 0. The maximum absolute atomic E-state index is 13.5. The number of esters is 1. The average molecular weight is 572 g/mol. The lowest BCUT2D eigenvalue weighted by molar-refractivity contribution is 0.0474. The molecule has 1 atom stereocenters. The monoisotopic (exact) mass is 571 g/mol. The zero-order valence-electron chi connectivity index (χ0n) is 23.7. The van der Waals surface area contributed by atoms with Crippen LogP contribution < -0.4 is 4.90 Å². The molecule has 218 valence electrons. The molecule has 0 radical (unpaired) electrons. The first kappa shape index (κ1) is 28.8. The molecule has 3 saturated heterocycles. The van der Waals surface area contributed by atoms with Crippen LogP contribution in [0.2, 0.25) is 0 Å². The van der Waals surface area contributed by atoms with E-state index < -0.39 is 22.6 Å². The van der Waals surface area contributed by atoms with Gasteiger partial charge >= 0.3 is 5.97 Å². The number of nitrogens with zero attached hydrogens (tertiary/aromatic N) is 3. The van der Waals surface area contributed by atoms with E-state index in [2.05, 4.69) is 9.47 Å². The lowest BCUT2D eigenvalue weighted by Crippen LogP contribution is -2.36. The van der Waals surface area contributed by atoms with Crippen LogP contribution in [0.3, 0.4) is 0 Å². The molecule has 1 aromatic carbocycles. The first-order chi connectivity index (χ1) is 19.3. The first-order valence-corrected chi connectivity index (χ1v) is 16.1. The van der Waals surface area contributed by atoms with Crippen LogP contribution in [-0.2, 0) is 26.0 Å². The predicted molar refractivity (Wildman–Crippen MR) is 153 cm³/mol. The van der Waals surface area contributed by atoms with E-state index in [1.54, 1.807) is 12.1 Å². The van der Waals surface area contributed by atoms with Crippen molar-refractivity contribution >= 4 is 27.5 Å². The molecule has 0 aliphatic carbocycles. The van der Waals surface area contributed by atoms with Crippen molar-refractivity contribution in [1.82, 2.24) is 8.87 Å². The summed E-state index contributed by atoms with van der Waals surface area (Å²) in [5.74, 6) is -0.963. The lowest BCUT2D eigenvalue weighted by atomic mass is 10.1. The smallest absolute Gasteiger partial charge is 0.340 e. The lowest BCUT2D eigenvalue weighted by Gasteiger charge is -2.31. The van der Waals surface area contributed by atoms with E-state index >= 15 is 0 Å². The maximum atomic E-state index is 13.5. The van der Waals surface area contributed by atoms with Crippen LogP contribution in [-0.4, -0.2) is 74.5 Å². The number of rotatable bonds is 9. The summed E-state index contributed by atoms with van der Waals surface area (Å²) in [4.78, 5) is 28.8. The fraction of sp³-hybridized carbons (Fsp3) is 0.600. The molecule has 0 saturated carbocycles. The van der Waals surface area contributed by atoms with E-state index in [0.29, 0.717) is 30.9 Å². The van der Waals surface area contributed by atoms with Crippen molar-refractivity contribution in [1.29, 1.82) is 0 Å². The molecular formula is C30H41N3O6S. The fourth-order valence-corrected chi connectivity index (χ4v) is 7.69. The fourth-order valence-electron chi connectivity index (χ4n) is 6.15. The van der Waals surface area contributed by atoms with Gasteiger partial charge in [-0.15, -0.1) is 0 Å². The number of ether oxygens (including phenoxy) is 2. The molecule has 9 nitrogen and oxygen atoms in total. The van der Waals surface area contributed by atoms with Crippen LogP contribution in [0, 0.1) is 13.8 Å². The van der Waals surface area contributed by atoms with Crippen molar-refractivity contribution in [2.24, 2.45) is 0 Å². The Morgan fingerprint density at radius 1 is 0.925 bits per heavy atom. The second-order valence-electron chi connectivity index (χ2n) is 11.2. The summed E-state index contributed by atoms with van der Waals surface area (Å²) in [5, 5.41) is 0. The van der Waals surface area contributed by atoms with Crippen LogP contribution in [0.5, 0.6) is 0 Å². The number of anilines is 1. The Kier molecular flexibility index (Phi) is 8.97. The molecule has 1 aromatic heterocycles. The number of aromatic nitrogens is 1. The molecule has 0 amide bonds. The molecule has 0 spiro atoms. The van der Waals surface area contributed by atoms with Gasteiger partial charge in [-0.1, -0.05) is 6.42 Å². The number of ketones is 1. The van der Waals surface area contributed by atoms with Gasteiger partial charge < -0.3 is 18.9 Å². The van der Waals surface area contributed by atoms with E-state index in [4.69, 9.17) is 9.47 Å². The highest BCUT2D eigenvalue weighted by Crippen LogP contribution is 2.30. The Hall–Kier alpha value is -2.69. The largest absolute Gasteiger partial charge is 0.454 e. The second-order valence-corrected chi connectivity index (χ2v) is 13.2. The van der Waals surface area contributed by atoms with Crippen LogP contribution in [0.4, 0.5) is 5.69 Å². The second kappa shape index (κ2) is 12.4. The van der Waals surface area contributed by atoms with Crippen molar-refractivity contribution in [2.75, 3.05) is 44.3 Å². The number of aryl methyl sites for hydroxylation is 1. The van der Waals surface area contributed by atoms with E-state index in [-0.39, 0.29) is 22.3 Å². The molecule has 3 aliphatic rings. The standard InChI is InChI=1S/C30H41N3O6S/c1-22-18-26(23(2)33(22)20-24-10-9-17-38-24)29(34)21-39-30(35)27-19-25(40(36,37)32-15-7-4-8-16-32)11-12-28(27)31-13-5-3-6-14-31/h11-12,18-19,24H,3-10,13-17,20-21H2,1-2H3. The third kappa shape index (κ3) is 6.14. The number of hydrogen-bond donors (Lipinski definition) is 0. The molecule has 40 heavy (non-hydrogen) atoms. The molecule has 5 rings (SSSR count). The Morgan fingerprint density at radius 2 is 1.62 bits per heavy atom. The third-order valence-electron chi connectivity index (χ3n) is 8.46. The Morgan fingerprint density at radius 3 is 2.30 bits per heavy atom. The molecule has 4 heterocycles. The van der Waals surface area contributed by atoms with Crippen LogP contribution in [0.25, 0.3) is 0 Å². The highest BCUT2D eigenvalue weighted by Gasteiger charge is 2.29. The summed E-state index contributed by atoms with van der Waals surface area (Å²) < 4.78 is 41.7. The molecule has 0 N–H and O–H groups in total. The molecule has 2 aromatic rings. The van der Waals surface area contributed by atoms with Crippen molar-refractivity contribution in [3.05, 3.63) is 46.8 Å². The van der Waals surface area contributed by atoms with Gasteiger partial charge in [-0.25, -0.2) is 13.2 Å². The van der Waals surface area contributed by atoms with Crippen molar-refractivity contribution in [3.8, 4) is 0 Å². The van der Waals surface area contributed by atoms with Gasteiger partial charge in [-0.2, -0.15) is 4.31 Å². The van der Waals surface area contributed by atoms with Crippen LogP contribution >= 0.6 is 0 Å². The quantitative estimate of drug-likeness (QED) is 0.323.